The molecule has 1 aromatic carbocycles. The molecule has 0 radical (unpaired) electrons. The fourth-order valence-corrected chi connectivity index (χ4v) is 2.24. The third-order valence-corrected chi connectivity index (χ3v) is 3.13. The summed E-state index contributed by atoms with van der Waals surface area (Å²) in [6, 6.07) is 10.1. The van der Waals surface area contributed by atoms with Gasteiger partial charge in [0.25, 0.3) is 0 Å². The minimum Gasteiger partial charge on any atom is -0.388 e. The lowest BCUT2D eigenvalue weighted by molar-refractivity contribution is 0.177. The van der Waals surface area contributed by atoms with Gasteiger partial charge in [0, 0.05) is 18.3 Å². The molecule has 1 aromatic heterocycles. The van der Waals surface area contributed by atoms with Gasteiger partial charge in [0.15, 0.2) is 0 Å². The Balaban J connectivity index is 2.22. The van der Waals surface area contributed by atoms with Gasteiger partial charge in [-0.05, 0) is 38.0 Å². The van der Waals surface area contributed by atoms with Gasteiger partial charge in [0.2, 0.25) is 0 Å². The highest BCUT2D eigenvalue weighted by Gasteiger charge is 2.11. The van der Waals surface area contributed by atoms with Crippen molar-refractivity contribution in [1.29, 1.82) is 0 Å². The highest BCUT2D eigenvalue weighted by molar-refractivity contribution is 5.31. The molecule has 0 aliphatic rings. The lowest BCUT2D eigenvalue weighted by atomic mass is 9.99. The van der Waals surface area contributed by atoms with Crippen LogP contribution in [-0.4, -0.2) is 10.1 Å². The van der Waals surface area contributed by atoms with Crippen molar-refractivity contribution in [3.05, 3.63) is 64.5 Å². The molecule has 1 atom stereocenters. The van der Waals surface area contributed by atoms with Gasteiger partial charge in [-0.3, -0.25) is 4.98 Å². The van der Waals surface area contributed by atoms with Crippen LogP contribution in [0, 0.1) is 20.8 Å². The highest BCUT2D eigenvalue weighted by atomic mass is 16.3. The van der Waals surface area contributed by atoms with E-state index in [0.717, 1.165) is 16.8 Å². The molecule has 0 saturated carbocycles. The summed E-state index contributed by atoms with van der Waals surface area (Å²) < 4.78 is 0. The Morgan fingerprint density at radius 3 is 2.39 bits per heavy atom. The van der Waals surface area contributed by atoms with Gasteiger partial charge in [-0.2, -0.15) is 0 Å². The number of nitrogens with zero attached hydrogens (tertiary/aromatic N) is 1. The first-order valence-corrected chi connectivity index (χ1v) is 6.23. The summed E-state index contributed by atoms with van der Waals surface area (Å²) in [7, 11) is 0. The Labute approximate surface area is 108 Å². The molecule has 0 amide bonds. The molecule has 1 heterocycles. The molecule has 0 fully saturated rings. The summed E-state index contributed by atoms with van der Waals surface area (Å²) in [5.41, 5.74) is 5.42. The van der Waals surface area contributed by atoms with Crippen molar-refractivity contribution in [3.63, 3.8) is 0 Å². The van der Waals surface area contributed by atoms with Gasteiger partial charge in [0.1, 0.15) is 0 Å². The zero-order valence-corrected chi connectivity index (χ0v) is 11.1. The molecular formula is C16H19NO. The van der Waals surface area contributed by atoms with Crippen LogP contribution in [-0.2, 0) is 6.42 Å². The third kappa shape index (κ3) is 2.96. The number of hydrogen-bond acceptors (Lipinski definition) is 2. The number of aryl methyl sites for hydroxylation is 3. The number of hydrogen-bond donors (Lipinski definition) is 1. The predicted octanol–water partition coefficient (Wildman–Crippen LogP) is 3.28. The Morgan fingerprint density at radius 1 is 1.11 bits per heavy atom. The van der Waals surface area contributed by atoms with Gasteiger partial charge < -0.3 is 5.11 Å². The number of rotatable bonds is 3. The van der Waals surface area contributed by atoms with Crippen molar-refractivity contribution in [2.24, 2.45) is 0 Å². The monoisotopic (exact) mass is 241 g/mol. The Morgan fingerprint density at radius 2 is 1.78 bits per heavy atom. The molecule has 2 rings (SSSR count). The van der Waals surface area contributed by atoms with Crippen LogP contribution in [0.5, 0.6) is 0 Å². The van der Waals surface area contributed by atoms with Crippen LogP contribution in [0.2, 0.25) is 0 Å². The van der Waals surface area contributed by atoms with Crippen molar-refractivity contribution in [2.75, 3.05) is 0 Å². The van der Waals surface area contributed by atoms with E-state index in [9.17, 15) is 5.11 Å². The van der Waals surface area contributed by atoms with Crippen molar-refractivity contribution in [3.8, 4) is 0 Å². The lowest BCUT2D eigenvalue weighted by Gasteiger charge is -2.13. The number of aromatic nitrogens is 1. The zero-order valence-electron chi connectivity index (χ0n) is 11.1. The Kier molecular flexibility index (Phi) is 3.78. The molecular weight excluding hydrogens is 222 g/mol. The number of aliphatic hydroxyl groups is 1. The van der Waals surface area contributed by atoms with Gasteiger partial charge in [-0.1, -0.05) is 35.4 Å². The van der Waals surface area contributed by atoms with E-state index in [4.69, 9.17) is 0 Å². The van der Waals surface area contributed by atoms with Gasteiger partial charge >= 0.3 is 0 Å². The maximum Gasteiger partial charge on any atom is 0.0845 e. The van der Waals surface area contributed by atoms with E-state index in [1.807, 2.05) is 31.2 Å². The van der Waals surface area contributed by atoms with E-state index in [0.29, 0.717) is 6.42 Å². The van der Waals surface area contributed by atoms with Gasteiger partial charge in [-0.15, -0.1) is 0 Å². The molecule has 18 heavy (non-hydrogen) atoms. The topological polar surface area (TPSA) is 33.1 Å². The zero-order chi connectivity index (χ0) is 13.1. The molecule has 0 saturated heterocycles. The van der Waals surface area contributed by atoms with Gasteiger partial charge in [-0.25, -0.2) is 0 Å². The predicted molar refractivity (Wildman–Crippen MR) is 73.6 cm³/mol. The van der Waals surface area contributed by atoms with E-state index in [1.54, 1.807) is 6.20 Å². The molecule has 2 aromatic rings. The largest absolute Gasteiger partial charge is 0.388 e. The van der Waals surface area contributed by atoms with E-state index >= 15 is 0 Å². The Hall–Kier alpha value is -1.67. The first kappa shape index (κ1) is 12.8. The van der Waals surface area contributed by atoms with E-state index in [1.165, 1.54) is 11.1 Å². The van der Waals surface area contributed by atoms with Crippen LogP contribution in [0.1, 0.15) is 34.1 Å². The lowest BCUT2D eigenvalue weighted by Crippen LogP contribution is -2.05. The molecule has 0 bridgehead atoms. The summed E-state index contributed by atoms with van der Waals surface area (Å²) in [5, 5.41) is 10.3. The second-order valence-corrected chi connectivity index (χ2v) is 4.91. The first-order chi connectivity index (χ1) is 8.56. The summed E-state index contributed by atoms with van der Waals surface area (Å²) in [4.78, 5) is 4.33. The molecule has 0 aliphatic heterocycles. The maximum atomic E-state index is 10.3. The maximum absolute atomic E-state index is 10.3. The van der Waals surface area contributed by atoms with Crippen LogP contribution in [0.15, 0.2) is 36.5 Å². The minimum absolute atomic E-state index is 0.489. The summed E-state index contributed by atoms with van der Waals surface area (Å²) >= 11 is 0. The third-order valence-electron chi connectivity index (χ3n) is 3.13. The average molecular weight is 241 g/mol. The van der Waals surface area contributed by atoms with Crippen LogP contribution in [0.4, 0.5) is 0 Å². The van der Waals surface area contributed by atoms with Crippen molar-refractivity contribution < 1.29 is 5.11 Å². The van der Waals surface area contributed by atoms with Gasteiger partial charge in [0.05, 0.1) is 6.10 Å². The fraction of sp³-hybridized carbons (Fsp3) is 0.312. The molecule has 0 aliphatic carbocycles. The highest BCUT2D eigenvalue weighted by Crippen LogP contribution is 2.21. The summed E-state index contributed by atoms with van der Waals surface area (Å²) in [6.07, 6.45) is 1.85. The smallest absolute Gasteiger partial charge is 0.0845 e. The minimum atomic E-state index is -0.489. The van der Waals surface area contributed by atoms with Crippen LogP contribution in [0.3, 0.4) is 0 Å². The molecule has 2 heteroatoms. The second-order valence-electron chi connectivity index (χ2n) is 4.91. The average Bonchev–Trinajstić information content (AvgIpc) is 2.31. The summed E-state index contributed by atoms with van der Waals surface area (Å²) in [5.74, 6) is 0. The number of aliphatic hydroxyl groups excluding tert-OH is 1. The van der Waals surface area contributed by atoms with E-state index < -0.39 is 6.10 Å². The van der Waals surface area contributed by atoms with Crippen molar-refractivity contribution in [1.82, 2.24) is 4.98 Å². The fourth-order valence-electron chi connectivity index (χ4n) is 2.24. The van der Waals surface area contributed by atoms with E-state index in [-0.39, 0.29) is 0 Å². The molecule has 2 nitrogen and oxygen atoms in total. The first-order valence-electron chi connectivity index (χ1n) is 6.23. The molecule has 94 valence electrons. The van der Waals surface area contributed by atoms with Crippen LogP contribution < -0.4 is 0 Å². The van der Waals surface area contributed by atoms with Crippen LogP contribution >= 0.6 is 0 Å². The van der Waals surface area contributed by atoms with Crippen molar-refractivity contribution >= 4 is 0 Å². The van der Waals surface area contributed by atoms with Crippen LogP contribution in [0.25, 0.3) is 0 Å². The Bertz CT molecular complexity index is 528. The number of pyridine rings is 1. The quantitative estimate of drug-likeness (QED) is 0.894. The normalized spacial score (nSPS) is 12.4. The van der Waals surface area contributed by atoms with Crippen molar-refractivity contribution in [2.45, 2.75) is 33.3 Å². The molecule has 1 unspecified atom stereocenters. The molecule has 1 N–H and O–H groups in total. The number of benzene rings is 1. The second kappa shape index (κ2) is 5.32. The van der Waals surface area contributed by atoms with E-state index in [2.05, 4.69) is 24.9 Å². The summed E-state index contributed by atoms with van der Waals surface area (Å²) in [6.45, 7) is 6.13. The SMILES string of the molecule is Cc1cc(C)cc(C(O)Cc2ncccc2C)c1. The molecule has 0 spiro atoms. The standard InChI is InChI=1S/C16H19NO/c1-11-7-12(2)9-14(8-11)16(18)10-15-13(3)5-4-6-17-15/h4-9,16,18H,10H2,1-3H3.